The largest absolute Gasteiger partial charge is 0.354 e. The minimum absolute atomic E-state index is 0. The summed E-state index contributed by atoms with van der Waals surface area (Å²) in [5.41, 5.74) is 3.39. The van der Waals surface area contributed by atoms with Crippen LogP contribution < -0.4 is 9.21 Å². The lowest BCUT2D eigenvalue weighted by molar-refractivity contribution is 0.251. The van der Waals surface area contributed by atoms with Gasteiger partial charge in [-0.3, -0.25) is 9.21 Å². The number of thiophene rings is 1. The van der Waals surface area contributed by atoms with Crippen LogP contribution >= 0.6 is 22.7 Å². The third-order valence-corrected chi connectivity index (χ3v) is 11.2. The number of pyridine rings is 1. The number of thiazole rings is 1. The van der Waals surface area contributed by atoms with E-state index < -0.39 is 10.0 Å². The number of nitrogens with one attached hydrogen (secondary N) is 1. The number of aromatic amines is 1. The molecule has 0 amide bonds. The predicted octanol–water partition coefficient (Wildman–Crippen LogP) is 6.23. The summed E-state index contributed by atoms with van der Waals surface area (Å²) in [6, 6.07) is 17.4. The molecule has 4 aromatic heterocycles. The minimum atomic E-state index is -3.64. The molecule has 0 aliphatic carbocycles. The fourth-order valence-corrected chi connectivity index (χ4v) is 8.53. The molecule has 40 heavy (non-hydrogen) atoms. The number of aromatic nitrogens is 3. The molecule has 11 heteroatoms. The Morgan fingerprint density at radius 1 is 1.05 bits per heavy atom. The lowest BCUT2D eigenvalue weighted by Crippen LogP contribution is -2.46. The average Bonchev–Trinajstić information content (AvgIpc) is 3.71. The molecule has 1 aliphatic rings. The molecule has 0 atom stereocenters. The molecule has 0 saturated carbocycles. The summed E-state index contributed by atoms with van der Waals surface area (Å²) in [7, 11) is -3.64. The van der Waals surface area contributed by atoms with Crippen molar-refractivity contribution in [2.45, 2.75) is 32.0 Å². The lowest BCUT2D eigenvalue weighted by Gasteiger charge is -2.35. The zero-order chi connectivity index (χ0) is 27.0. The molecule has 1 saturated heterocycles. The Kier molecular flexibility index (Phi) is 8.27. The van der Waals surface area contributed by atoms with Gasteiger partial charge in [0, 0.05) is 61.4 Å². The van der Waals surface area contributed by atoms with Gasteiger partial charge in [-0.1, -0.05) is 31.7 Å². The number of hydrogen-bond acceptors (Lipinski definition) is 8. The number of para-hydroxylation sites is 1. The Morgan fingerprint density at radius 2 is 1.85 bits per heavy atom. The first-order valence-electron chi connectivity index (χ1n) is 13.0. The van der Waals surface area contributed by atoms with Crippen molar-refractivity contribution < 1.29 is 8.42 Å². The van der Waals surface area contributed by atoms with Gasteiger partial charge >= 0.3 is 0 Å². The molecular formula is C29H34N6O2S3. The molecule has 0 spiro atoms. The lowest BCUT2D eigenvalue weighted by atomic mass is 10.2. The standard InChI is InChI=1S/C28H30N6O2S3.CH4/c1-3-34(39(35,36)26-11-6-16-37-26)24-9-5-8-21-17-23(31-27(21)24)28-29-18-22(38-28)19-32-12-14-33(15-13-32)25-10-4-7-20(2)30-25;/h4-11,16-18,31H,3,12-15,19H2,1-2H3;1H4. The summed E-state index contributed by atoms with van der Waals surface area (Å²) in [5.74, 6) is 1.05. The predicted molar refractivity (Wildman–Crippen MR) is 167 cm³/mol. The maximum Gasteiger partial charge on any atom is 0.273 e. The van der Waals surface area contributed by atoms with Crippen molar-refractivity contribution in [3.05, 3.63) is 76.7 Å². The van der Waals surface area contributed by atoms with Crippen molar-refractivity contribution in [1.29, 1.82) is 0 Å². The molecule has 210 valence electrons. The Balaban J connectivity index is 0.00000323. The Morgan fingerprint density at radius 3 is 2.58 bits per heavy atom. The zero-order valence-corrected chi connectivity index (χ0v) is 24.3. The number of rotatable bonds is 8. The van der Waals surface area contributed by atoms with Gasteiger partial charge < -0.3 is 9.88 Å². The number of sulfonamides is 1. The van der Waals surface area contributed by atoms with Crippen molar-refractivity contribution in [3.63, 3.8) is 0 Å². The van der Waals surface area contributed by atoms with Crippen LogP contribution in [0.4, 0.5) is 11.5 Å². The maximum atomic E-state index is 13.4. The second-order valence-electron chi connectivity index (χ2n) is 9.56. The number of anilines is 2. The molecule has 1 fully saturated rings. The second-order valence-corrected chi connectivity index (χ2v) is 13.7. The molecule has 5 aromatic rings. The van der Waals surface area contributed by atoms with Crippen LogP contribution in [0.3, 0.4) is 0 Å². The van der Waals surface area contributed by atoms with Crippen molar-refractivity contribution in [2.75, 3.05) is 41.9 Å². The first-order chi connectivity index (χ1) is 18.9. The van der Waals surface area contributed by atoms with Gasteiger partial charge in [-0.2, -0.15) is 0 Å². The number of hydrogen-bond donors (Lipinski definition) is 1. The van der Waals surface area contributed by atoms with E-state index in [2.05, 4.69) is 38.0 Å². The number of aryl methyl sites for hydroxylation is 1. The van der Waals surface area contributed by atoms with Gasteiger partial charge in [0.2, 0.25) is 0 Å². The van der Waals surface area contributed by atoms with Crippen LogP contribution in [0.1, 0.15) is 24.9 Å². The van der Waals surface area contributed by atoms with Gasteiger partial charge in [-0.15, -0.1) is 22.7 Å². The number of fused-ring (bicyclic) bond motifs is 1. The van der Waals surface area contributed by atoms with Crippen LogP contribution in [0.15, 0.2) is 70.4 Å². The van der Waals surface area contributed by atoms with E-state index in [4.69, 9.17) is 4.98 Å². The number of H-pyrrole nitrogens is 1. The van der Waals surface area contributed by atoms with E-state index in [-0.39, 0.29) is 7.43 Å². The highest BCUT2D eigenvalue weighted by Gasteiger charge is 2.27. The SMILES string of the molecule is C.CCN(c1cccc2cc(-c3ncc(CN4CCN(c5cccc(C)n5)CC4)s3)[nH]c12)S(=O)(=O)c1cccs1. The van der Waals surface area contributed by atoms with Gasteiger partial charge in [0.15, 0.2) is 0 Å². The topological polar surface area (TPSA) is 85.4 Å². The summed E-state index contributed by atoms with van der Waals surface area (Å²) in [6.07, 6.45) is 1.96. The third-order valence-electron chi connectivity index (χ3n) is 6.96. The monoisotopic (exact) mass is 594 g/mol. The Labute approximate surface area is 244 Å². The molecule has 0 bridgehead atoms. The quantitative estimate of drug-likeness (QED) is 0.229. The van der Waals surface area contributed by atoms with Crippen molar-refractivity contribution in [1.82, 2.24) is 19.9 Å². The first kappa shape index (κ1) is 28.3. The van der Waals surface area contributed by atoms with Gasteiger partial charge in [0.1, 0.15) is 15.0 Å². The van der Waals surface area contributed by atoms with E-state index in [0.717, 1.165) is 65.8 Å². The Bertz CT molecular complexity index is 1690. The van der Waals surface area contributed by atoms with Crippen molar-refractivity contribution >= 4 is 55.1 Å². The molecule has 0 radical (unpaired) electrons. The summed E-state index contributed by atoms with van der Waals surface area (Å²) >= 11 is 2.91. The molecule has 1 aromatic carbocycles. The summed E-state index contributed by atoms with van der Waals surface area (Å²) in [4.78, 5) is 18.9. The van der Waals surface area contributed by atoms with Gasteiger partial charge in [-0.05, 0) is 49.6 Å². The van der Waals surface area contributed by atoms with E-state index in [9.17, 15) is 8.42 Å². The minimum Gasteiger partial charge on any atom is -0.354 e. The average molecular weight is 595 g/mol. The number of piperazine rings is 1. The van der Waals surface area contributed by atoms with Gasteiger partial charge in [0.25, 0.3) is 10.0 Å². The highest BCUT2D eigenvalue weighted by molar-refractivity contribution is 7.94. The molecule has 8 nitrogen and oxygen atoms in total. The zero-order valence-electron chi connectivity index (χ0n) is 21.9. The van der Waals surface area contributed by atoms with Gasteiger partial charge in [0.05, 0.1) is 16.9 Å². The van der Waals surface area contributed by atoms with E-state index in [1.807, 2.05) is 44.3 Å². The summed E-state index contributed by atoms with van der Waals surface area (Å²) in [6.45, 7) is 8.95. The number of nitrogens with zero attached hydrogens (tertiary/aromatic N) is 5. The van der Waals surface area contributed by atoms with Crippen LogP contribution in [0, 0.1) is 6.92 Å². The summed E-state index contributed by atoms with van der Waals surface area (Å²) < 4.78 is 28.5. The second kappa shape index (κ2) is 11.7. The molecule has 6 rings (SSSR count). The molecule has 1 N–H and O–H groups in total. The highest BCUT2D eigenvalue weighted by Crippen LogP contribution is 2.35. The molecule has 1 aliphatic heterocycles. The maximum absolute atomic E-state index is 13.4. The highest BCUT2D eigenvalue weighted by atomic mass is 32.2. The van der Waals surface area contributed by atoms with Crippen LogP contribution in [0.2, 0.25) is 0 Å². The first-order valence-corrected chi connectivity index (χ1v) is 16.1. The smallest absolute Gasteiger partial charge is 0.273 e. The van der Waals surface area contributed by atoms with E-state index in [1.54, 1.807) is 28.8 Å². The fraction of sp³-hybridized carbons (Fsp3) is 0.310. The summed E-state index contributed by atoms with van der Waals surface area (Å²) in [5, 5.41) is 3.65. The molecule has 0 unspecified atom stereocenters. The number of benzene rings is 1. The third kappa shape index (κ3) is 5.51. The Hall–Kier alpha value is -3.25. The molecule has 5 heterocycles. The van der Waals surface area contributed by atoms with Crippen molar-refractivity contribution in [3.8, 4) is 10.7 Å². The van der Waals surface area contributed by atoms with Crippen LogP contribution in [-0.4, -0.2) is 61.0 Å². The normalized spacial score (nSPS) is 14.4. The van der Waals surface area contributed by atoms with E-state index in [0.29, 0.717) is 16.4 Å². The van der Waals surface area contributed by atoms with E-state index in [1.165, 1.54) is 20.5 Å². The molecular weight excluding hydrogens is 561 g/mol. The van der Waals surface area contributed by atoms with Crippen LogP contribution in [0.25, 0.3) is 21.6 Å². The van der Waals surface area contributed by atoms with Crippen LogP contribution in [0.5, 0.6) is 0 Å². The van der Waals surface area contributed by atoms with E-state index >= 15 is 0 Å². The van der Waals surface area contributed by atoms with Crippen LogP contribution in [-0.2, 0) is 16.6 Å². The fourth-order valence-electron chi connectivity index (χ4n) is 5.02. The van der Waals surface area contributed by atoms with Gasteiger partial charge in [-0.25, -0.2) is 18.4 Å². The van der Waals surface area contributed by atoms with Crippen molar-refractivity contribution in [2.24, 2.45) is 0 Å².